The minimum absolute atomic E-state index is 0.242. The maximum absolute atomic E-state index is 9.21. The van der Waals surface area contributed by atoms with E-state index in [4.69, 9.17) is 0 Å². The first kappa shape index (κ1) is 18.8. The third-order valence-electron chi connectivity index (χ3n) is 6.88. The molecule has 4 rings (SSSR count). The number of aromatic amines is 1. The summed E-state index contributed by atoms with van der Waals surface area (Å²) in [5, 5.41) is 10.4. The second kappa shape index (κ2) is 7.45. The molecule has 1 N–H and O–H groups in total. The van der Waals surface area contributed by atoms with E-state index in [2.05, 4.69) is 67.3 Å². The normalized spacial score (nSPS) is 22.5. The van der Waals surface area contributed by atoms with Crippen LogP contribution in [0.5, 0.6) is 0 Å². The van der Waals surface area contributed by atoms with Crippen molar-refractivity contribution in [3.63, 3.8) is 0 Å². The first-order chi connectivity index (χ1) is 13.5. The van der Waals surface area contributed by atoms with Crippen molar-refractivity contribution in [3.8, 4) is 6.07 Å². The van der Waals surface area contributed by atoms with E-state index >= 15 is 0 Å². The Kier molecular flexibility index (Phi) is 5.00. The molecule has 28 heavy (non-hydrogen) atoms. The maximum atomic E-state index is 9.21. The van der Waals surface area contributed by atoms with Crippen LogP contribution in [-0.2, 0) is 6.42 Å². The number of fused-ring (bicyclic) bond motifs is 1. The number of aryl methyl sites for hydroxylation is 1. The lowest BCUT2D eigenvalue weighted by Crippen LogP contribution is -2.48. The van der Waals surface area contributed by atoms with Crippen LogP contribution in [0.2, 0.25) is 0 Å². The number of nitriles is 1. The molecule has 0 amide bonds. The van der Waals surface area contributed by atoms with Gasteiger partial charge in [0.15, 0.2) is 0 Å². The molecule has 1 aliphatic carbocycles. The number of benzene rings is 2. The van der Waals surface area contributed by atoms with E-state index in [1.165, 1.54) is 47.9 Å². The number of hydrogen-bond donors (Lipinski definition) is 1. The third-order valence-corrected chi connectivity index (χ3v) is 6.88. The zero-order valence-electron chi connectivity index (χ0n) is 17.1. The summed E-state index contributed by atoms with van der Waals surface area (Å²) in [5.41, 5.74) is 6.25. The minimum atomic E-state index is 0.242. The Bertz CT molecular complexity index is 999. The molecular weight excluding hydrogens is 342 g/mol. The van der Waals surface area contributed by atoms with Crippen LogP contribution in [0.1, 0.15) is 54.0 Å². The van der Waals surface area contributed by atoms with Crippen LogP contribution < -0.4 is 0 Å². The highest BCUT2D eigenvalue weighted by Crippen LogP contribution is 2.43. The van der Waals surface area contributed by atoms with Crippen molar-refractivity contribution in [1.29, 1.82) is 5.26 Å². The summed E-state index contributed by atoms with van der Waals surface area (Å²) in [6, 6.07) is 19.1. The van der Waals surface area contributed by atoms with Crippen molar-refractivity contribution in [2.24, 2.45) is 0 Å². The molecule has 0 spiro atoms. The summed E-state index contributed by atoms with van der Waals surface area (Å²) in [4.78, 5) is 6.12. The molecule has 1 fully saturated rings. The van der Waals surface area contributed by atoms with E-state index in [0.717, 1.165) is 17.5 Å². The third kappa shape index (κ3) is 3.34. The Balaban J connectivity index is 1.57. The number of nitrogens with zero attached hydrogens (tertiary/aromatic N) is 2. The van der Waals surface area contributed by atoms with Gasteiger partial charge in [-0.2, -0.15) is 5.26 Å². The fraction of sp³-hybridized carbons (Fsp3) is 0.400. The summed E-state index contributed by atoms with van der Waals surface area (Å²) >= 11 is 0. The largest absolute Gasteiger partial charge is 0.358 e. The smallest absolute Gasteiger partial charge is 0.0991 e. The summed E-state index contributed by atoms with van der Waals surface area (Å²) in [6.45, 7) is 2.20. The van der Waals surface area contributed by atoms with Gasteiger partial charge in [-0.1, -0.05) is 30.3 Å². The minimum Gasteiger partial charge on any atom is -0.358 e. The zero-order valence-corrected chi connectivity index (χ0v) is 17.1. The van der Waals surface area contributed by atoms with Crippen LogP contribution in [0.25, 0.3) is 10.9 Å². The van der Waals surface area contributed by atoms with Gasteiger partial charge in [0.05, 0.1) is 11.6 Å². The van der Waals surface area contributed by atoms with E-state index in [-0.39, 0.29) is 5.54 Å². The fourth-order valence-corrected chi connectivity index (χ4v) is 5.03. The molecule has 0 radical (unpaired) electrons. The van der Waals surface area contributed by atoms with Gasteiger partial charge in [-0.25, -0.2) is 0 Å². The van der Waals surface area contributed by atoms with Gasteiger partial charge >= 0.3 is 0 Å². The van der Waals surface area contributed by atoms with Crippen molar-refractivity contribution in [2.45, 2.75) is 50.5 Å². The van der Waals surface area contributed by atoms with Crippen molar-refractivity contribution in [3.05, 3.63) is 70.9 Å². The monoisotopic (exact) mass is 371 g/mol. The van der Waals surface area contributed by atoms with Crippen LogP contribution >= 0.6 is 0 Å². The first-order valence-corrected chi connectivity index (χ1v) is 10.3. The van der Waals surface area contributed by atoms with E-state index in [0.29, 0.717) is 5.92 Å². The van der Waals surface area contributed by atoms with E-state index in [1.807, 2.05) is 18.2 Å². The van der Waals surface area contributed by atoms with Crippen molar-refractivity contribution >= 4 is 10.9 Å². The van der Waals surface area contributed by atoms with Crippen LogP contribution in [0.15, 0.2) is 48.5 Å². The molecule has 1 aliphatic rings. The number of likely N-dealkylation sites (N-methyl/N-ethyl adjacent to an activating group) is 1. The molecule has 3 heteroatoms. The zero-order chi connectivity index (χ0) is 19.7. The summed E-state index contributed by atoms with van der Waals surface area (Å²) < 4.78 is 0. The highest BCUT2D eigenvalue weighted by atomic mass is 15.1. The highest BCUT2D eigenvalue weighted by molar-refractivity contribution is 5.85. The molecule has 2 aromatic carbocycles. The molecule has 3 nitrogen and oxygen atoms in total. The predicted octanol–water partition coefficient (Wildman–Crippen LogP) is 5.55. The summed E-state index contributed by atoms with van der Waals surface area (Å²) in [6.07, 6.45) is 5.92. The molecule has 3 aromatic rings. The maximum Gasteiger partial charge on any atom is 0.0991 e. The molecule has 0 saturated heterocycles. The molecule has 0 bridgehead atoms. The molecule has 1 aromatic heterocycles. The number of hydrogen-bond acceptors (Lipinski definition) is 2. The van der Waals surface area contributed by atoms with Crippen LogP contribution in [0.4, 0.5) is 0 Å². The Labute approximate surface area is 168 Å². The van der Waals surface area contributed by atoms with Gasteiger partial charge in [-0.3, -0.25) is 0 Å². The topological polar surface area (TPSA) is 42.8 Å². The predicted molar refractivity (Wildman–Crippen MR) is 116 cm³/mol. The summed E-state index contributed by atoms with van der Waals surface area (Å²) in [5.74, 6) is 0.571. The second-order valence-electron chi connectivity index (χ2n) is 8.59. The molecular formula is C25H29N3. The Morgan fingerprint density at radius 2 is 1.82 bits per heavy atom. The van der Waals surface area contributed by atoms with Crippen LogP contribution in [0, 0.1) is 18.3 Å². The number of aromatic nitrogens is 1. The summed E-state index contributed by atoms with van der Waals surface area (Å²) in [7, 11) is 4.47. The van der Waals surface area contributed by atoms with E-state index < -0.39 is 0 Å². The molecule has 1 heterocycles. The Morgan fingerprint density at radius 1 is 1.11 bits per heavy atom. The quantitative estimate of drug-likeness (QED) is 0.653. The second-order valence-corrected chi connectivity index (χ2v) is 8.59. The lowest BCUT2D eigenvalue weighted by Gasteiger charge is -2.45. The Morgan fingerprint density at radius 3 is 2.46 bits per heavy atom. The van der Waals surface area contributed by atoms with Crippen molar-refractivity contribution < 1.29 is 0 Å². The highest BCUT2D eigenvalue weighted by Gasteiger charge is 2.38. The SMILES string of the molecule is Cc1c(C2CCC(Cc3ccccc3)(N(C)C)CC2)[nH]c2ccc(C#N)cc12. The van der Waals surface area contributed by atoms with Crippen LogP contribution in [0.3, 0.4) is 0 Å². The average molecular weight is 372 g/mol. The molecule has 144 valence electrons. The van der Waals surface area contributed by atoms with Gasteiger partial charge in [-0.15, -0.1) is 0 Å². The van der Waals surface area contributed by atoms with Gasteiger partial charge < -0.3 is 9.88 Å². The average Bonchev–Trinajstić information content (AvgIpc) is 3.05. The lowest BCUT2D eigenvalue weighted by molar-refractivity contribution is 0.0920. The molecule has 1 saturated carbocycles. The van der Waals surface area contributed by atoms with E-state index in [1.54, 1.807) is 0 Å². The van der Waals surface area contributed by atoms with Gasteiger partial charge in [0.25, 0.3) is 0 Å². The Hall–Kier alpha value is -2.57. The van der Waals surface area contributed by atoms with Crippen molar-refractivity contribution in [2.75, 3.05) is 14.1 Å². The van der Waals surface area contributed by atoms with Gasteiger partial charge in [-0.05, 0) is 88.4 Å². The number of nitrogens with one attached hydrogen (secondary N) is 1. The molecule has 0 unspecified atom stereocenters. The van der Waals surface area contributed by atoms with Gasteiger partial charge in [0.1, 0.15) is 0 Å². The molecule has 0 aliphatic heterocycles. The van der Waals surface area contributed by atoms with Crippen LogP contribution in [-0.4, -0.2) is 29.5 Å². The van der Waals surface area contributed by atoms with Gasteiger partial charge in [0, 0.05) is 22.1 Å². The van der Waals surface area contributed by atoms with Crippen molar-refractivity contribution in [1.82, 2.24) is 9.88 Å². The number of rotatable bonds is 4. The first-order valence-electron chi connectivity index (χ1n) is 10.3. The van der Waals surface area contributed by atoms with Gasteiger partial charge in [0.2, 0.25) is 0 Å². The standard InChI is InChI=1S/C25H29N3/c1-18-22-15-20(17-26)9-10-23(22)27-24(18)21-11-13-25(14-12-21,28(2)3)16-19-7-5-4-6-8-19/h4-10,15,21,27H,11-14,16H2,1-3H3. The lowest BCUT2D eigenvalue weighted by atomic mass is 9.71. The molecule has 0 atom stereocenters. The van der Waals surface area contributed by atoms with E-state index in [9.17, 15) is 5.26 Å². The number of H-pyrrole nitrogens is 1. The fourth-order valence-electron chi connectivity index (χ4n) is 5.03.